The summed E-state index contributed by atoms with van der Waals surface area (Å²) >= 11 is 0. The first-order valence-electron chi connectivity index (χ1n) is 6.93. The van der Waals surface area contributed by atoms with Crippen LogP contribution in [-0.2, 0) is 0 Å². The summed E-state index contributed by atoms with van der Waals surface area (Å²) in [5, 5.41) is 0. The average Bonchev–Trinajstić information content (AvgIpc) is 2.80. The standard InChI is InChI=1S/C18H14F4/c1-10-3-4-12(7-11(10)2)15-9-17(18(20,21)22)14-6-5-13(19)8-16(14)15/h3-9,15H,1-2H3. The number of hydrogen-bond acceptors (Lipinski definition) is 0. The Morgan fingerprint density at radius 3 is 2.27 bits per heavy atom. The summed E-state index contributed by atoms with van der Waals surface area (Å²) < 4.78 is 53.1. The van der Waals surface area contributed by atoms with Gasteiger partial charge in [-0.1, -0.05) is 30.3 Å². The molecular formula is C18H14F4. The van der Waals surface area contributed by atoms with Crippen molar-refractivity contribution in [2.45, 2.75) is 25.9 Å². The van der Waals surface area contributed by atoms with Crippen LogP contribution in [0.15, 0.2) is 42.5 Å². The summed E-state index contributed by atoms with van der Waals surface area (Å²) in [6.07, 6.45) is -3.25. The number of benzene rings is 2. The molecule has 0 spiro atoms. The van der Waals surface area contributed by atoms with E-state index in [1.54, 1.807) is 6.07 Å². The summed E-state index contributed by atoms with van der Waals surface area (Å²) in [5.41, 5.74) is 2.57. The van der Waals surface area contributed by atoms with Crippen LogP contribution in [0.4, 0.5) is 17.6 Å². The molecule has 0 N–H and O–H groups in total. The number of aryl methyl sites for hydroxylation is 2. The predicted octanol–water partition coefficient (Wildman–Crippen LogP) is 5.53. The van der Waals surface area contributed by atoms with Crippen molar-refractivity contribution < 1.29 is 17.6 Å². The van der Waals surface area contributed by atoms with Crippen molar-refractivity contribution >= 4 is 5.57 Å². The van der Waals surface area contributed by atoms with Crippen molar-refractivity contribution in [1.29, 1.82) is 0 Å². The zero-order valence-corrected chi connectivity index (χ0v) is 12.1. The molecule has 1 aliphatic carbocycles. The molecule has 1 aliphatic rings. The molecule has 0 fully saturated rings. The fourth-order valence-corrected chi connectivity index (χ4v) is 2.86. The molecule has 114 valence electrons. The smallest absolute Gasteiger partial charge is 0.207 e. The minimum absolute atomic E-state index is 0.0668. The van der Waals surface area contributed by atoms with Crippen molar-refractivity contribution in [1.82, 2.24) is 0 Å². The zero-order valence-electron chi connectivity index (χ0n) is 12.1. The molecule has 0 aliphatic heterocycles. The highest BCUT2D eigenvalue weighted by Gasteiger charge is 2.40. The summed E-state index contributed by atoms with van der Waals surface area (Å²) in [6.45, 7) is 3.85. The van der Waals surface area contributed by atoms with Crippen molar-refractivity contribution in [3.8, 4) is 0 Å². The van der Waals surface area contributed by atoms with Crippen LogP contribution >= 0.6 is 0 Å². The van der Waals surface area contributed by atoms with Gasteiger partial charge in [0.25, 0.3) is 0 Å². The van der Waals surface area contributed by atoms with E-state index in [1.807, 2.05) is 26.0 Å². The molecule has 1 atom stereocenters. The Hall–Kier alpha value is -2.10. The molecule has 0 heterocycles. The molecule has 0 saturated carbocycles. The van der Waals surface area contributed by atoms with Crippen LogP contribution in [0, 0.1) is 19.7 Å². The van der Waals surface area contributed by atoms with E-state index in [4.69, 9.17) is 0 Å². The van der Waals surface area contributed by atoms with Crippen molar-refractivity contribution in [2.24, 2.45) is 0 Å². The molecule has 3 rings (SSSR count). The number of hydrogen-bond donors (Lipinski definition) is 0. The van der Waals surface area contributed by atoms with Crippen molar-refractivity contribution in [2.75, 3.05) is 0 Å². The lowest BCUT2D eigenvalue weighted by Gasteiger charge is -2.13. The summed E-state index contributed by atoms with van der Waals surface area (Å²) in [7, 11) is 0. The second-order valence-electron chi connectivity index (χ2n) is 5.63. The maximum absolute atomic E-state index is 13.5. The minimum Gasteiger partial charge on any atom is -0.207 e. The molecule has 0 radical (unpaired) electrons. The number of halogens is 4. The van der Waals surface area contributed by atoms with E-state index in [-0.39, 0.29) is 5.56 Å². The quantitative estimate of drug-likeness (QED) is 0.607. The first-order valence-corrected chi connectivity index (χ1v) is 6.93. The van der Waals surface area contributed by atoms with Crippen molar-refractivity contribution in [3.63, 3.8) is 0 Å². The largest absolute Gasteiger partial charge is 0.416 e. The Labute approximate surface area is 126 Å². The molecular weight excluding hydrogens is 292 g/mol. The second-order valence-corrected chi connectivity index (χ2v) is 5.63. The Bertz CT molecular complexity index is 769. The molecule has 2 aromatic carbocycles. The second kappa shape index (κ2) is 4.97. The molecule has 1 unspecified atom stereocenters. The van der Waals surface area contributed by atoms with E-state index < -0.39 is 23.5 Å². The van der Waals surface area contributed by atoms with Crippen LogP contribution in [-0.4, -0.2) is 6.18 Å². The van der Waals surface area contributed by atoms with Crippen LogP contribution < -0.4 is 0 Å². The lowest BCUT2D eigenvalue weighted by molar-refractivity contribution is -0.0688. The Morgan fingerprint density at radius 2 is 1.64 bits per heavy atom. The van der Waals surface area contributed by atoms with Gasteiger partial charge in [0.15, 0.2) is 0 Å². The Kier molecular flexibility index (Phi) is 3.35. The van der Waals surface area contributed by atoms with Crippen LogP contribution in [0.1, 0.15) is 33.7 Å². The summed E-state index contributed by atoms with van der Waals surface area (Å²) in [6, 6.07) is 9.03. The van der Waals surface area contributed by atoms with Gasteiger partial charge in [0.05, 0.1) is 5.57 Å². The van der Waals surface area contributed by atoms with E-state index in [9.17, 15) is 17.6 Å². The molecule has 2 aromatic rings. The number of alkyl halides is 3. The molecule has 0 amide bonds. The van der Waals surface area contributed by atoms with Crippen molar-refractivity contribution in [3.05, 3.63) is 76.1 Å². The third kappa shape index (κ3) is 2.43. The summed E-state index contributed by atoms with van der Waals surface area (Å²) in [5.74, 6) is -1.09. The molecule has 0 bridgehead atoms. The molecule has 22 heavy (non-hydrogen) atoms. The maximum atomic E-state index is 13.5. The van der Waals surface area contributed by atoms with Gasteiger partial charge in [0.1, 0.15) is 5.82 Å². The van der Waals surface area contributed by atoms with Gasteiger partial charge in [-0.3, -0.25) is 0 Å². The highest BCUT2D eigenvalue weighted by Crippen LogP contribution is 2.47. The lowest BCUT2D eigenvalue weighted by Crippen LogP contribution is -2.09. The van der Waals surface area contributed by atoms with E-state index in [2.05, 4.69) is 0 Å². The molecule has 4 heteroatoms. The van der Waals surface area contributed by atoms with E-state index >= 15 is 0 Å². The van der Waals surface area contributed by atoms with Crippen LogP contribution in [0.2, 0.25) is 0 Å². The molecule has 0 saturated heterocycles. The molecule has 0 aromatic heterocycles. The topological polar surface area (TPSA) is 0 Å². The van der Waals surface area contributed by atoms with Gasteiger partial charge in [0.2, 0.25) is 0 Å². The van der Waals surface area contributed by atoms with Crippen LogP contribution in [0.5, 0.6) is 0 Å². The third-order valence-corrected chi connectivity index (χ3v) is 4.17. The SMILES string of the molecule is Cc1ccc(C2C=C(C(F)(F)F)c3ccc(F)cc32)cc1C. The third-order valence-electron chi connectivity index (χ3n) is 4.17. The summed E-state index contributed by atoms with van der Waals surface area (Å²) in [4.78, 5) is 0. The number of fused-ring (bicyclic) bond motifs is 1. The van der Waals surface area contributed by atoms with Gasteiger partial charge >= 0.3 is 6.18 Å². The van der Waals surface area contributed by atoms with Crippen LogP contribution in [0.25, 0.3) is 5.57 Å². The highest BCUT2D eigenvalue weighted by atomic mass is 19.4. The van der Waals surface area contributed by atoms with Gasteiger partial charge in [-0.15, -0.1) is 0 Å². The van der Waals surface area contributed by atoms with E-state index in [0.717, 1.165) is 22.8 Å². The predicted molar refractivity (Wildman–Crippen MR) is 78.2 cm³/mol. The lowest BCUT2D eigenvalue weighted by atomic mass is 9.91. The Morgan fingerprint density at radius 1 is 0.909 bits per heavy atom. The maximum Gasteiger partial charge on any atom is 0.416 e. The van der Waals surface area contributed by atoms with Gasteiger partial charge in [0, 0.05) is 5.92 Å². The van der Waals surface area contributed by atoms with Gasteiger partial charge in [-0.05, 0) is 53.8 Å². The first-order chi connectivity index (χ1) is 10.3. The first kappa shape index (κ1) is 14.8. The fourth-order valence-electron chi connectivity index (χ4n) is 2.86. The van der Waals surface area contributed by atoms with Crippen LogP contribution in [0.3, 0.4) is 0 Å². The van der Waals surface area contributed by atoms with E-state index in [0.29, 0.717) is 5.56 Å². The molecule has 0 nitrogen and oxygen atoms in total. The zero-order chi connectivity index (χ0) is 16.1. The van der Waals surface area contributed by atoms with Gasteiger partial charge in [-0.25, -0.2) is 4.39 Å². The Balaban J connectivity index is 2.18. The highest BCUT2D eigenvalue weighted by molar-refractivity contribution is 5.79. The fraction of sp³-hybridized carbons (Fsp3) is 0.222. The minimum atomic E-state index is -4.44. The number of rotatable bonds is 1. The normalized spacial score (nSPS) is 17.4. The van der Waals surface area contributed by atoms with E-state index in [1.165, 1.54) is 18.2 Å². The average molecular weight is 306 g/mol. The number of allylic oxidation sites excluding steroid dienone is 2. The monoisotopic (exact) mass is 306 g/mol. The van der Waals surface area contributed by atoms with Gasteiger partial charge in [-0.2, -0.15) is 13.2 Å². The van der Waals surface area contributed by atoms with Gasteiger partial charge < -0.3 is 0 Å².